The van der Waals surface area contributed by atoms with Crippen LogP contribution in [-0.4, -0.2) is 15.3 Å². The molecule has 3 rings (SSSR count). The van der Waals surface area contributed by atoms with Gasteiger partial charge in [-0.1, -0.05) is 25.1 Å². The van der Waals surface area contributed by atoms with E-state index in [9.17, 15) is 15.3 Å². The molecule has 0 saturated heterocycles. The molecule has 3 N–H and O–H groups in total. The van der Waals surface area contributed by atoms with E-state index in [4.69, 9.17) is 0 Å². The van der Waals surface area contributed by atoms with Gasteiger partial charge >= 0.3 is 0 Å². The maximum Gasteiger partial charge on any atom is 0.118 e. The highest BCUT2D eigenvalue weighted by Gasteiger charge is 2.24. The van der Waals surface area contributed by atoms with Crippen molar-refractivity contribution in [2.75, 3.05) is 0 Å². The van der Waals surface area contributed by atoms with E-state index in [1.165, 1.54) is 16.7 Å². The van der Waals surface area contributed by atoms with E-state index in [0.717, 1.165) is 39.8 Å². The second kappa shape index (κ2) is 8.66. The zero-order valence-corrected chi connectivity index (χ0v) is 19.7. The topological polar surface area (TPSA) is 60.7 Å². The maximum absolute atomic E-state index is 10.2. The van der Waals surface area contributed by atoms with Gasteiger partial charge in [0.15, 0.2) is 0 Å². The molecule has 0 aliphatic carbocycles. The van der Waals surface area contributed by atoms with E-state index >= 15 is 0 Å². The summed E-state index contributed by atoms with van der Waals surface area (Å²) in [6, 6.07) is 11.8. The van der Waals surface area contributed by atoms with Crippen LogP contribution in [-0.2, 0) is 0 Å². The monoisotopic (exact) mass is 418 g/mol. The molecule has 31 heavy (non-hydrogen) atoms. The van der Waals surface area contributed by atoms with Gasteiger partial charge in [-0.3, -0.25) is 0 Å². The first-order valence-electron chi connectivity index (χ1n) is 10.9. The quantitative estimate of drug-likeness (QED) is 0.419. The molecule has 0 fully saturated rings. The summed E-state index contributed by atoms with van der Waals surface area (Å²) in [5, 5.41) is 30.5. The fraction of sp³-hybridized carbons (Fsp3) is 0.357. The molecule has 0 heterocycles. The molecule has 164 valence electrons. The van der Waals surface area contributed by atoms with Crippen LogP contribution >= 0.6 is 0 Å². The van der Waals surface area contributed by atoms with Gasteiger partial charge in [-0.25, -0.2) is 0 Å². The van der Waals surface area contributed by atoms with Crippen molar-refractivity contribution in [3.8, 4) is 17.2 Å². The van der Waals surface area contributed by atoms with E-state index in [0.29, 0.717) is 17.2 Å². The first-order valence-corrected chi connectivity index (χ1v) is 10.9. The number of aromatic hydroxyl groups is 3. The lowest BCUT2D eigenvalue weighted by Gasteiger charge is -2.27. The molecule has 1 unspecified atom stereocenters. The highest BCUT2D eigenvalue weighted by atomic mass is 16.3. The maximum atomic E-state index is 10.2. The molecule has 1 atom stereocenters. The Bertz CT molecular complexity index is 1070. The fourth-order valence-electron chi connectivity index (χ4n) is 4.65. The predicted octanol–water partition coefficient (Wildman–Crippen LogP) is 6.98. The third-order valence-corrected chi connectivity index (χ3v) is 6.62. The van der Waals surface area contributed by atoms with Crippen molar-refractivity contribution in [1.82, 2.24) is 0 Å². The summed E-state index contributed by atoms with van der Waals surface area (Å²) in [7, 11) is 0. The summed E-state index contributed by atoms with van der Waals surface area (Å²) in [5.74, 6) is 1.33. The lowest BCUT2D eigenvalue weighted by Crippen LogP contribution is -2.11. The number of phenolic OH excluding ortho intramolecular Hbond substituents is 3. The summed E-state index contributed by atoms with van der Waals surface area (Å²) < 4.78 is 0. The first kappa shape index (κ1) is 22.7. The Morgan fingerprint density at radius 3 is 1.23 bits per heavy atom. The third-order valence-electron chi connectivity index (χ3n) is 6.62. The average Bonchev–Trinajstić information content (AvgIpc) is 2.68. The summed E-state index contributed by atoms with van der Waals surface area (Å²) in [4.78, 5) is 0. The molecule has 3 heteroatoms. The fourth-order valence-corrected chi connectivity index (χ4v) is 4.65. The van der Waals surface area contributed by atoms with Crippen molar-refractivity contribution >= 4 is 0 Å². The van der Waals surface area contributed by atoms with Crippen LogP contribution in [0.25, 0.3) is 0 Å². The zero-order valence-electron chi connectivity index (χ0n) is 19.7. The highest BCUT2D eigenvalue weighted by Crippen LogP contribution is 2.41. The number of phenols is 3. The molecule has 0 aliphatic rings. The van der Waals surface area contributed by atoms with Gasteiger partial charge in [0.2, 0.25) is 0 Å². The molecule has 0 radical (unpaired) electrons. The van der Waals surface area contributed by atoms with Crippen LogP contribution in [0.3, 0.4) is 0 Å². The Hall–Kier alpha value is -2.94. The van der Waals surface area contributed by atoms with E-state index in [-0.39, 0.29) is 11.8 Å². The smallest absolute Gasteiger partial charge is 0.118 e. The number of aryl methyl sites for hydroxylation is 6. The van der Waals surface area contributed by atoms with Crippen molar-refractivity contribution in [1.29, 1.82) is 0 Å². The van der Waals surface area contributed by atoms with Crippen molar-refractivity contribution < 1.29 is 15.3 Å². The summed E-state index contributed by atoms with van der Waals surface area (Å²) >= 11 is 0. The number of hydrogen-bond acceptors (Lipinski definition) is 3. The van der Waals surface area contributed by atoms with Crippen LogP contribution in [0.4, 0.5) is 0 Å². The van der Waals surface area contributed by atoms with Crippen LogP contribution < -0.4 is 0 Å². The van der Waals surface area contributed by atoms with Gasteiger partial charge in [0.1, 0.15) is 17.2 Å². The molecule has 0 aromatic heterocycles. The Morgan fingerprint density at radius 1 is 0.516 bits per heavy atom. The van der Waals surface area contributed by atoms with Gasteiger partial charge < -0.3 is 15.3 Å². The molecule has 0 spiro atoms. The van der Waals surface area contributed by atoms with Crippen molar-refractivity contribution in [2.24, 2.45) is 0 Å². The second-order valence-electron chi connectivity index (χ2n) is 9.18. The van der Waals surface area contributed by atoms with Gasteiger partial charge in [-0.2, -0.15) is 0 Å². The number of hydrogen-bond donors (Lipinski definition) is 3. The van der Waals surface area contributed by atoms with Crippen LogP contribution in [0, 0.1) is 41.5 Å². The molecular weight excluding hydrogens is 384 g/mol. The number of rotatable bonds is 5. The molecule has 3 nitrogen and oxygen atoms in total. The van der Waals surface area contributed by atoms with Gasteiger partial charge in [-0.15, -0.1) is 0 Å². The Kier molecular flexibility index (Phi) is 6.35. The van der Waals surface area contributed by atoms with Crippen molar-refractivity contribution in [2.45, 2.75) is 66.7 Å². The van der Waals surface area contributed by atoms with Crippen LogP contribution in [0.2, 0.25) is 0 Å². The predicted molar refractivity (Wildman–Crippen MR) is 128 cm³/mol. The van der Waals surface area contributed by atoms with Crippen molar-refractivity contribution in [3.05, 3.63) is 86.5 Å². The van der Waals surface area contributed by atoms with Crippen LogP contribution in [0.5, 0.6) is 17.2 Å². The second-order valence-corrected chi connectivity index (χ2v) is 9.18. The zero-order chi connectivity index (χ0) is 23.0. The summed E-state index contributed by atoms with van der Waals surface area (Å²) in [6.45, 7) is 14.2. The van der Waals surface area contributed by atoms with Gasteiger partial charge in [0.05, 0.1) is 0 Å². The standard InChI is InChI=1S/C28H34O3/c1-15(22-9-19(5)26(29)12-16(22)2)8-25(23-10-20(6)27(30)13-17(23)3)24-11-21(7)28(31)14-18(24)4/h9-15,25,29-31H,8H2,1-7H3. The lowest BCUT2D eigenvalue weighted by molar-refractivity contribution is 0.469. The number of benzene rings is 3. The highest BCUT2D eigenvalue weighted by molar-refractivity contribution is 5.50. The van der Waals surface area contributed by atoms with E-state index < -0.39 is 0 Å². The summed E-state index contributed by atoms with van der Waals surface area (Å²) in [6.07, 6.45) is 0.876. The minimum absolute atomic E-state index is 0.113. The van der Waals surface area contributed by atoms with Gasteiger partial charge in [-0.05, 0) is 122 Å². The molecule has 0 aliphatic heterocycles. The van der Waals surface area contributed by atoms with Crippen LogP contribution in [0.15, 0.2) is 36.4 Å². The molecule has 0 saturated carbocycles. The third kappa shape index (κ3) is 4.56. The average molecular weight is 419 g/mol. The normalized spacial score (nSPS) is 12.4. The van der Waals surface area contributed by atoms with Gasteiger partial charge in [0.25, 0.3) is 0 Å². The van der Waals surface area contributed by atoms with E-state index in [2.05, 4.69) is 25.1 Å². The minimum atomic E-state index is 0.113. The molecule has 3 aromatic rings. The Morgan fingerprint density at radius 2 is 0.839 bits per heavy atom. The van der Waals surface area contributed by atoms with E-state index in [1.54, 1.807) is 0 Å². The SMILES string of the molecule is Cc1cc(C(C)CC(c2cc(C)c(O)cc2C)c2cc(C)c(O)cc2C)c(C)cc1O. The minimum Gasteiger partial charge on any atom is -0.508 e. The van der Waals surface area contributed by atoms with Crippen LogP contribution in [0.1, 0.15) is 75.3 Å². The molecule has 0 bridgehead atoms. The Balaban J connectivity index is 2.15. The first-order chi connectivity index (χ1) is 14.5. The largest absolute Gasteiger partial charge is 0.508 e. The lowest BCUT2D eigenvalue weighted by atomic mass is 9.77. The van der Waals surface area contributed by atoms with E-state index in [1.807, 2.05) is 59.7 Å². The van der Waals surface area contributed by atoms with Crippen molar-refractivity contribution in [3.63, 3.8) is 0 Å². The molecule has 0 amide bonds. The van der Waals surface area contributed by atoms with Gasteiger partial charge in [0, 0.05) is 5.92 Å². The Labute approximate surface area is 186 Å². The summed E-state index contributed by atoms with van der Waals surface area (Å²) in [5.41, 5.74) is 9.46. The molecule has 3 aromatic carbocycles. The molecular formula is C28H34O3.